The molecule has 0 aliphatic carbocycles. The van der Waals surface area contributed by atoms with Gasteiger partial charge in [0, 0.05) is 11.9 Å². The molecule has 3 heterocycles. The van der Waals surface area contributed by atoms with Crippen LogP contribution in [0.5, 0.6) is 0 Å². The van der Waals surface area contributed by atoms with Gasteiger partial charge in [0.1, 0.15) is 22.9 Å². The van der Waals surface area contributed by atoms with Crippen LogP contribution in [0.15, 0.2) is 59.1 Å². The zero-order valence-electron chi connectivity index (χ0n) is 13.4. The van der Waals surface area contributed by atoms with Gasteiger partial charge >= 0.3 is 0 Å². The van der Waals surface area contributed by atoms with E-state index in [1.165, 1.54) is 0 Å². The van der Waals surface area contributed by atoms with Gasteiger partial charge in [0.25, 0.3) is 0 Å². The van der Waals surface area contributed by atoms with E-state index >= 15 is 0 Å². The molecule has 0 bridgehead atoms. The van der Waals surface area contributed by atoms with Gasteiger partial charge in [0.05, 0.1) is 5.02 Å². The number of para-hydroxylation sites is 1. The number of fused-ring (bicyclic) bond motifs is 1. The second-order valence-corrected chi connectivity index (χ2v) is 6.17. The van der Waals surface area contributed by atoms with Gasteiger partial charge in [-0.05, 0) is 49.7 Å². The van der Waals surface area contributed by atoms with E-state index in [0.29, 0.717) is 5.02 Å². The van der Waals surface area contributed by atoms with Crippen molar-refractivity contribution in [3.05, 3.63) is 71.1 Å². The summed E-state index contributed by atoms with van der Waals surface area (Å²) in [4.78, 5) is 4.71. The highest BCUT2D eigenvalue weighted by Crippen LogP contribution is 2.33. The summed E-state index contributed by atoms with van der Waals surface area (Å²) in [5.41, 5.74) is 3.73. The number of halogens is 1. The summed E-state index contributed by atoms with van der Waals surface area (Å²) in [5.74, 6) is 2.40. The topological polar surface area (TPSA) is 42.5 Å². The Labute approximate surface area is 144 Å². The Balaban J connectivity index is 1.93. The number of hydrogen-bond donors (Lipinski definition) is 1. The maximum absolute atomic E-state index is 6.18. The van der Waals surface area contributed by atoms with Crippen LogP contribution in [0.3, 0.4) is 0 Å². The molecular weight excluding hydrogens is 322 g/mol. The molecule has 0 spiro atoms. The Kier molecular flexibility index (Phi) is 3.54. The monoisotopic (exact) mass is 337 g/mol. The molecule has 0 atom stereocenters. The third-order valence-electron chi connectivity index (χ3n) is 3.95. The predicted molar refractivity (Wildman–Crippen MR) is 97.1 cm³/mol. The number of hydrogen-bond acceptors (Lipinski definition) is 3. The number of nitrogens with zero attached hydrogens (tertiary/aromatic N) is 2. The van der Waals surface area contributed by atoms with Crippen LogP contribution in [-0.2, 0) is 0 Å². The molecule has 5 heteroatoms. The molecule has 4 nitrogen and oxygen atoms in total. The highest BCUT2D eigenvalue weighted by Gasteiger charge is 2.17. The average molecular weight is 338 g/mol. The highest BCUT2D eigenvalue weighted by molar-refractivity contribution is 6.30. The third kappa shape index (κ3) is 2.55. The predicted octanol–water partition coefficient (Wildman–Crippen LogP) is 5.61. The highest BCUT2D eigenvalue weighted by atomic mass is 35.5. The lowest BCUT2D eigenvalue weighted by atomic mass is 10.2. The summed E-state index contributed by atoms with van der Waals surface area (Å²) in [6.45, 7) is 3.99. The summed E-state index contributed by atoms with van der Waals surface area (Å²) < 4.78 is 7.74. The fourth-order valence-electron chi connectivity index (χ4n) is 2.71. The molecule has 3 aromatic heterocycles. The molecule has 1 N–H and O–H groups in total. The number of aromatic nitrogens is 2. The molecule has 120 valence electrons. The number of anilines is 2. The summed E-state index contributed by atoms with van der Waals surface area (Å²) in [6.07, 6.45) is 1.85. The molecule has 4 aromatic rings. The van der Waals surface area contributed by atoms with Gasteiger partial charge in [0.2, 0.25) is 0 Å². The minimum Gasteiger partial charge on any atom is -0.460 e. The number of imidazole rings is 1. The number of aryl methyl sites for hydroxylation is 2. The normalized spacial score (nSPS) is 11.1. The molecule has 0 saturated carbocycles. The summed E-state index contributed by atoms with van der Waals surface area (Å²) in [6, 6.07) is 15.7. The van der Waals surface area contributed by atoms with Gasteiger partial charge in [0.15, 0.2) is 5.76 Å². The first-order valence-corrected chi connectivity index (χ1v) is 8.07. The minimum absolute atomic E-state index is 0.648. The lowest BCUT2D eigenvalue weighted by Crippen LogP contribution is -1.98. The van der Waals surface area contributed by atoms with Crippen molar-refractivity contribution in [2.75, 3.05) is 5.32 Å². The Morgan fingerprint density at radius 1 is 1.04 bits per heavy atom. The molecule has 0 unspecified atom stereocenters. The van der Waals surface area contributed by atoms with Crippen LogP contribution in [0, 0.1) is 13.8 Å². The lowest BCUT2D eigenvalue weighted by molar-refractivity contribution is 0.547. The Morgan fingerprint density at radius 3 is 2.62 bits per heavy atom. The summed E-state index contributed by atoms with van der Waals surface area (Å²) >= 11 is 6.18. The van der Waals surface area contributed by atoms with Gasteiger partial charge in [-0.1, -0.05) is 29.8 Å². The number of rotatable bonds is 3. The van der Waals surface area contributed by atoms with Crippen LogP contribution in [0.2, 0.25) is 5.02 Å². The van der Waals surface area contributed by atoms with Crippen molar-refractivity contribution in [2.45, 2.75) is 13.8 Å². The maximum Gasteiger partial charge on any atom is 0.156 e. The Bertz CT molecular complexity index is 1030. The van der Waals surface area contributed by atoms with Crippen molar-refractivity contribution < 1.29 is 4.42 Å². The standard InChI is InChI=1S/C19H16ClN3O/c1-12-5-3-4-6-15(12)21-19-18(16-9-7-13(2)24-16)22-17-10-8-14(20)11-23(17)19/h3-11,21H,1-2H3. The van der Waals surface area contributed by atoms with E-state index in [4.69, 9.17) is 21.0 Å². The van der Waals surface area contributed by atoms with Gasteiger partial charge in [-0.15, -0.1) is 0 Å². The van der Waals surface area contributed by atoms with E-state index in [9.17, 15) is 0 Å². The quantitative estimate of drug-likeness (QED) is 0.528. The molecule has 4 rings (SSSR count). The van der Waals surface area contributed by atoms with Gasteiger partial charge in [-0.3, -0.25) is 4.40 Å². The summed E-state index contributed by atoms with van der Waals surface area (Å²) in [5, 5.41) is 4.13. The molecule has 0 saturated heterocycles. The van der Waals surface area contributed by atoms with Crippen molar-refractivity contribution in [3.63, 3.8) is 0 Å². The first-order chi connectivity index (χ1) is 11.6. The molecule has 0 radical (unpaired) electrons. The summed E-state index contributed by atoms with van der Waals surface area (Å²) in [7, 11) is 0. The minimum atomic E-state index is 0.648. The van der Waals surface area contributed by atoms with Crippen molar-refractivity contribution in [1.29, 1.82) is 0 Å². The number of pyridine rings is 1. The van der Waals surface area contributed by atoms with Crippen LogP contribution in [-0.4, -0.2) is 9.38 Å². The fraction of sp³-hybridized carbons (Fsp3) is 0.105. The fourth-order valence-corrected chi connectivity index (χ4v) is 2.87. The van der Waals surface area contributed by atoms with Crippen molar-refractivity contribution >= 4 is 28.8 Å². The van der Waals surface area contributed by atoms with Crippen molar-refractivity contribution in [3.8, 4) is 11.5 Å². The van der Waals surface area contributed by atoms with Gasteiger partial charge in [-0.2, -0.15) is 0 Å². The van der Waals surface area contributed by atoms with Gasteiger partial charge < -0.3 is 9.73 Å². The Hall–Kier alpha value is -2.72. The van der Waals surface area contributed by atoms with E-state index < -0.39 is 0 Å². The van der Waals surface area contributed by atoms with Crippen LogP contribution in [0.4, 0.5) is 11.5 Å². The van der Waals surface area contributed by atoms with Crippen LogP contribution >= 0.6 is 11.6 Å². The molecular formula is C19H16ClN3O. The van der Waals surface area contributed by atoms with E-state index in [1.807, 2.05) is 60.0 Å². The number of furan rings is 1. The molecule has 0 aliphatic heterocycles. The van der Waals surface area contributed by atoms with Crippen molar-refractivity contribution in [2.24, 2.45) is 0 Å². The lowest BCUT2D eigenvalue weighted by Gasteiger charge is -2.10. The van der Waals surface area contributed by atoms with Crippen molar-refractivity contribution in [1.82, 2.24) is 9.38 Å². The van der Waals surface area contributed by atoms with Crippen LogP contribution in [0.1, 0.15) is 11.3 Å². The van der Waals surface area contributed by atoms with E-state index in [1.54, 1.807) is 0 Å². The second-order valence-electron chi connectivity index (χ2n) is 5.73. The zero-order valence-corrected chi connectivity index (χ0v) is 14.1. The molecule has 1 aromatic carbocycles. The first-order valence-electron chi connectivity index (χ1n) is 7.69. The van der Waals surface area contributed by atoms with E-state index in [-0.39, 0.29) is 0 Å². The van der Waals surface area contributed by atoms with Crippen LogP contribution in [0.25, 0.3) is 17.1 Å². The number of benzene rings is 1. The van der Waals surface area contributed by atoms with E-state index in [2.05, 4.69) is 18.3 Å². The zero-order chi connectivity index (χ0) is 16.7. The number of nitrogens with one attached hydrogen (secondary N) is 1. The largest absolute Gasteiger partial charge is 0.460 e. The van der Waals surface area contributed by atoms with Crippen LogP contribution < -0.4 is 5.32 Å². The average Bonchev–Trinajstić information content (AvgIpc) is 3.14. The molecule has 0 aliphatic rings. The van der Waals surface area contributed by atoms with E-state index in [0.717, 1.165) is 39.9 Å². The SMILES string of the molecule is Cc1ccc(-c2nc3ccc(Cl)cn3c2Nc2ccccc2C)o1. The third-order valence-corrected chi connectivity index (χ3v) is 4.18. The molecule has 0 amide bonds. The molecule has 24 heavy (non-hydrogen) atoms. The molecule has 0 fully saturated rings. The Morgan fingerprint density at radius 2 is 1.88 bits per heavy atom. The first kappa shape index (κ1) is 14.8. The smallest absolute Gasteiger partial charge is 0.156 e. The van der Waals surface area contributed by atoms with Gasteiger partial charge in [-0.25, -0.2) is 4.98 Å². The second kappa shape index (κ2) is 5.73. The maximum atomic E-state index is 6.18.